The van der Waals surface area contributed by atoms with Crippen molar-refractivity contribution >= 4 is 5.97 Å². The minimum atomic E-state index is -0.915. The summed E-state index contributed by atoms with van der Waals surface area (Å²) >= 11 is 0. The van der Waals surface area contributed by atoms with E-state index in [4.69, 9.17) is 5.11 Å². The Morgan fingerprint density at radius 3 is 2.30 bits per heavy atom. The summed E-state index contributed by atoms with van der Waals surface area (Å²) in [4.78, 5) is 9.63. The quantitative estimate of drug-likeness (QED) is 0.610. The molecule has 3 nitrogen and oxygen atoms in total. The summed E-state index contributed by atoms with van der Waals surface area (Å²) in [6, 6.07) is 0. The van der Waals surface area contributed by atoms with Crippen LogP contribution in [0.3, 0.4) is 0 Å². The molecule has 0 aliphatic carbocycles. The van der Waals surface area contributed by atoms with Gasteiger partial charge in [-0.3, -0.25) is 0 Å². The van der Waals surface area contributed by atoms with E-state index in [0.29, 0.717) is 6.61 Å². The van der Waals surface area contributed by atoms with Crippen molar-refractivity contribution in [3.05, 3.63) is 12.7 Å². The van der Waals surface area contributed by atoms with Gasteiger partial charge >= 0.3 is 5.97 Å². The maximum atomic E-state index is 9.63. The fourth-order valence-corrected chi connectivity index (χ4v) is 0.189. The van der Waals surface area contributed by atoms with Crippen molar-refractivity contribution in [3.63, 3.8) is 0 Å². The van der Waals surface area contributed by atoms with Crippen molar-refractivity contribution in [2.24, 2.45) is 0 Å². The number of allylic oxidation sites excluding steroid dienone is 1. The molecular weight excluding hydrogens is 132 g/mol. The molecule has 3 heteroatoms. The summed E-state index contributed by atoms with van der Waals surface area (Å²) in [7, 11) is 0. The molecule has 0 atom stereocenters. The van der Waals surface area contributed by atoms with Crippen LogP contribution in [-0.4, -0.2) is 24.3 Å². The summed E-state index contributed by atoms with van der Waals surface area (Å²) in [5.74, 6) is -0.915. The van der Waals surface area contributed by atoms with Crippen LogP contribution in [0.1, 0.15) is 13.8 Å². The van der Waals surface area contributed by atoms with E-state index in [1.165, 1.54) is 0 Å². The second-order valence-electron chi connectivity index (χ2n) is 1.44. The van der Waals surface area contributed by atoms with Crippen LogP contribution >= 0.6 is 0 Å². The van der Waals surface area contributed by atoms with Crippen LogP contribution in [0.2, 0.25) is 0 Å². The molecule has 0 amide bonds. The number of hydrogen-bond donors (Lipinski definition) is 1. The molecule has 0 radical (unpaired) electrons. The van der Waals surface area contributed by atoms with Gasteiger partial charge < -0.3 is 9.84 Å². The van der Waals surface area contributed by atoms with Crippen LogP contribution in [0.4, 0.5) is 0 Å². The van der Waals surface area contributed by atoms with Crippen LogP contribution in [0, 0.1) is 0 Å². The maximum absolute atomic E-state index is 9.63. The van der Waals surface area contributed by atoms with Gasteiger partial charge in [0.15, 0.2) is 0 Å². The lowest BCUT2D eigenvalue weighted by atomic mass is 10.7. The van der Waals surface area contributed by atoms with Gasteiger partial charge in [-0.15, -0.1) is 6.58 Å². The molecule has 0 rings (SSSR count). The molecule has 0 aromatic heterocycles. The zero-order valence-electron chi connectivity index (χ0n) is 6.46. The Kier molecular flexibility index (Phi) is 13.1. The first-order chi connectivity index (χ1) is 4.68. The Bertz CT molecular complexity index is 88.9. The van der Waals surface area contributed by atoms with Crippen LogP contribution in [0.15, 0.2) is 12.7 Å². The number of carbonyl (C=O) groups is 1. The van der Waals surface area contributed by atoms with Gasteiger partial charge in [0.05, 0.1) is 0 Å². The van der Waals surface area contributed by atoms with Crippen molar-refractivity contribution in [2.45, 2.75) is 13.8 Å². The molecule has 0 spiro atoms. The van der Waals surface area contributed by atoms with Gasteiger partial charge in [-0.2, -0.15) is 0 Å². The number of carboxylic acid groups (broad SMARTS) is 1. The molecule has 0 aliphatic heterocycles. The number of aliphatic carboxylic acids is 1. The molecule has 0 saturated heterocycles. The number of rotatable bonds is 3. The van der Waals surface area contributed by atoms with Gasteiger partial charge in [0.25, 0.3) is 0 Å². The normalized spacial score (nSPS) is 7.40. The highest BCUT2D eigenvalue weighted by molar-refractivity contribution is 5.67. The van der Waals surface area contributed by atoms with Crippen molar-refractivity contribution < 1.29 is 14.6 Å². The largest absolute Gasteiger partial charge is 0.480 e. The third-order valence-corrected chi connectivity index (χ3v) is 0.430. The minimum absolute atomic E-state index is 0.184. The van der Waals surface area contributed by atoms with E-state index in [2.05, 4.69) is 11.3 Å². The van der Waals surface area contributed by atoms with Crippen LogP contribution in [0.25, 0.3) is 0 Å². The standard InChI is InChI=1S/C4H8O3.C3H6/c1-2-7-3-4(5)6;1-3-2/h2-3H2,1H3,(H,5,6);3H,1H2,2H3. The Morgan fingerprint density at radius 2 is 2.20 bits per heavy atom. The SMILES string of the molecule is C=CC.CCOCC(=O)O. The molecular formula is C7H14O3. The van der Waals surface area contributed by atoms with Crippen molar-refractivity contribution in [3.8, 4) is 0 Å². The maximum Gasteiger partial charge on any atom is 0.329 e. The molecule has 1 N–H and O–H groups in total. The van der Waals surface area contributed by atoms with Crippen LogP contribution in [0.5, 0.6) is 0 Å². The summed E-state index contributed by atoms with van der Waals surface area (Å²) in [5, 5.41) is 7.92. The lowest BCUT2D eigenvalue weighted by Crippen LogP contribution is -2.05. The Hall–Kier alpha value is -0.830. The average Bonchev–Trinajstić information content (AvgIpc) is 1.85. The Labute approximate surface area is 61.3 Å². The highest BCUT2D eigenvalue weighted by atomic mass is 16.5. The average molecular weight is 146 g/mol. The van der Waals surface area contributed by atoms with Crippen LogP contribution < -0.4 is 0 Å². The van der Waals surface area contributed by atoms with Crippen molar-refractivity contribution in [1.29, 1.82) is 0 Å². The summed E-state index contributed by atoms with van der Waals surface area (Å²) in [5.41, 5.74) is 0. The molecule has 0 aromatic rings. The smallest absolute Gasteiger partial charge is 0.329 e. The molecule has 60 valence electrons. The van der Waals surface area contributed by atoms with E-state index in [0.717, 1.165) is 0 Å². The lowest BCUT2D eigenvalue weighted by molar-refractivity contribution is -0.142. The van der Waals surface area contributed by atoms with Gasteiger partial charge in [0.2, 0.25) is 0 Å². The van der Waals surface area contributed by atoms with Gasteiger partial charge in [-0.25, -0.2) is 4.79 Å². The third kappa shape index (κ3) is 27.2. The second kappa shape index (κ2) is 11.0. The van der Waals surface area contributed by atoms with Gasteiger partial charge in [0, 0.05) is 6.61 Å². The van der Waals surface area contributed by atoms with E-state index in [9.17, 15) is 4.79 Å². The predicted molar refractivity (Wildman–Crippen MR) is 40.0 cm³/mol. The van der Waals surface area contributed by atoms with Crippen molar-refractivity contribution in [1.82, 2.24) is 0 Å². The molecule has 0 heterocycles. The van der Waals surface area contributed by atoms with Crippen LogP contribution in [-0.2, 0) is 9.53 Å². The predicted octanol–water partition coefficient (Wildman–Crippen LogP) is 1.30. The Balaban J connectivity index is 0. The minimum Gasteiger partial charge on any atom is -0.480 e. The number of hydrogen-bond acceptors (Lipinski definition) is 2. The number of carboxylic acids is 1. The Morgan fingerprint density at radius 1 is 1.80 bits per heavy atom. The molecule has 0 fully saturated rings. The first-order valence-corrected chi connectivity index (χ1v) is 3.05. The highest BCUT2D eigenvalue weighted by Gasteiger charge is 1.90. The molecule has 0 bridgehead atoms. The summed E-state index contributed by atoms with van der Waals surface area (Å²) in [6.45, 7) is 7.28. The number of ether oxygens (including phenoxy) is 1. The molecule has 0 unspecified atom stereocenters. The van der Waals surface area contributed by atoms with E-state index in [-0.39, 0.29) is 6.61 Å². The van der Waals surface area contributed by atoms with E-state index in [1.54, 1.807) is 13.0 Å². The molecule has 0 saturated carbocycles. The first kappa shape index (κ1) is 11.9. The van der Waals surface area contributed by atoms with Gasteiger partial charge in [-0.1, -0.05) is 6.08 Å². The second-order valence-corrected chi connectivity index (χ2v) is 1.44. The van der Waals surface area contributed by atoms with Gasteiger partial charge in [0.1, 0.15) is 6.61 Å². The molecule has 10 heavy (non-hydrogen) atoms. The summed E-state index contributed by atoms with van der Waals surface area (Å²) in [6.07, 6.45) is 1.75. The fourth-order valence-electron chi connectivity index (χ4n) is 0.189. The zero-order chi connectivity index (χ0) is 8.41. The first-order valence-electron chi connectivity index (χ1n) is 3.05. The van der Waals surface area contributed by atoms with E-state index < -0.39 is 5.97 Å². The zero-order valence-corrected chi connectivity index (χ0v) is 6.46. The molecule has 0 aliphatic rings. The summed E-state index contributed by atoms with van der Waals surface area (Å²) < 4.78 is 4.50. The van der Waals surface area contributed by atoms with E-state index in [1.807, 2.05) is 6.92 Å². The molecule has 0 aromatic carbocycles. The fraction of sp³-hybridized carbons (Fsp3) is 0.571. The monoisotopic (exact) mass is 146 g/mol. The van der Waals surface area contributed by atoms with Crippen molar-refractivity contribution in [2.75, 3.05) is 13.2 Å². The topological polar surface area (TPSA) is 46.5 Å². The van der Waals surface area contributed by atoms with E-state index >= 15 is 0 Å². The third-order valence-electron chi connectivity index (χ3n) is 0.430. The lowest BCUT2D eigenvalue weighted by Gasteiger charge is -1.90. The van der Waals surface area contributed by atoms with Gasteiger partial charge in [-0.05, 0) is 13.8 Å². The highest BCUT2D eigenvalue weighted by Crippen LogP contribution is 1.69.